The number of carbonyl (C=O) groups is 1. The Morgan fingerprint density at radius 3 is 2.82 bits per heavy atom. The summed E-state index contributed by atoms with van der Waals surface area (Å²) in [5, 5.41) is 2.38. The van der Waals surface area contributed by atoms with E-state index in [9.17, 15) is 4.79 Å². The van der Waals surface area contributed by atoms with Gasteiger partial charge in [0.2, 0.25) is 0 Å². The predicted octanol–water partition coefficient (Wildman–Crippen LogP) is 3.90. The van der Waals surface area contributed by atoms with Gasteiger partial charge in [-0.1, -0.05) is 29.3 Å². The fourth-order valence-electron chi connectivity index (χ4n) is 1.93. The first-order chi connectivity index (χ1) is 7.92. The minimum atomic E-state index is -0.975. The van der Waals surface area contributed by atoms with Gasteiger partial charge in [-0.2, -0.15) is 0 Å². The van der Waals surface area contributed by atoms with Crippen molar-refractivity contribution in [2.24, 2.45) is 0 Å². The molecule has 0 spiro atoms. The monoisotopic (exact) mass is 309 g/mol. The molecule has 1 saturated heterocycles. The maximum absolute atomic E-state index is 11.9. The van der Waals surface area contributed by atoms with E-state index in [0.29, 0.717) is 11.8 Å². The molecule has 1 atom stereocenters. The van der Waals surface area contributed by atoms with Crippen LogP contribution in [-0.2, 0) is 4.79 Å². The van der Waals surface area contributed by atoms with Crippen LogP contribution >= 0.6 is 46.3 Å². The van der Waals surface area contributed by atoms with Gasteiger partial charge in [0.05, 0.1) is 10.1 Å². The number of alkyl halides is 2. The first-order valence-electron chi connectivity index (χ1n) is 5.22. The molecule has 1 fully saturated rings. The Balaban J connectivity index is 2.18. The standard InChI is InChI=1S/C11H13Cl2NOS2/c1-11(2)14(10(15)9(12)13)6-8(17-11)7-4-3-5-16-7/h3-5,8-9H,6H2,1-2H3. The average Bonchev–Trinajstić information content (AvgIpc) is 2.83. The number of hydrogen-bond acceptors (Lipinski definition) is 3. The third-order valence-corrected chi connectivity index (χ3v) is 5.74. The van der Waals surface area contributed by atoms with E-state index in [2.05, 4.69) is 11.4 Å². The number of amides is 1. The maximum atomic E-state index is 11.9. The largest absolute Gasteiger partial charge is 0.325 e. The molecule has 2 rings (SSSR count). The van der Waals surface area contributed by atoms with Crippen molar-refractivity contribution in [2.75, 3.05) is 6.54 Å². The molecule has 0 aliphatic carbocycles. The number of hydrogen-bond donors (Lipinski definition) is 0. The quantitative estimate of drug-likeness (QED) is 0.772. The van der Waals surface area contributed by atoms with Gasteiger partial charge in [0, 0.05) is 11.4 Å². The van der Waals surface area contributed by atoms with Crippen molar-refractivity contribution in [2.45, 2.75) is 28.8 Å². The number of carbonyl (C=O) groups excluding carboxylic acids is 1. The molecule has 0 radical (unpaired) electrons. The first kappa shape index (κ1) is 13.5. The van der Waals surface area contributed by atoms with Gasteiger partial charge in [0.15, 0.2) is 4.84 Å². The molecular formula is C11H13Cl2NOS2. The van der Waals surface area contributed by atoms with Gasteiger partial charge in [-0.15, -0.1) is 23.1 Å². The summed E-state index contributed by atoms with van der Waals surface area (Å²) >= 11 is 14.8. The van der Waals surface area contributed by atoms with Crippen LogP contribution in [0.2, 0.25) is 0 Å². The van der Waals surface area contributed by atoms with Gasteiger partial charge >= 0.3 is 0 Å². The zero-order valence-electron chi connectivity index (χ0n) is 9.52. The molecule has 0 N–H and O–H groups in total. The molecular weight excluding hydrogens is 297 g/mol. The van der Waals surface area contributed by atoms with E-state index in [0.717, 1.165) is 0 Å². The predicted molar refractivity (Wildman–Crippen MR) is 75.9 cm³/mol. The van der Waals surface area contributed by atoms with Crippen LogP contribution in [0.4, 0.5) is 0 Å². The average molecular weight is 310 g/mol. The molecule has 0 saturated carbocycles. The third kappa shape index (κ3) is 2.75. The molecule has 1 aromatic heterocycles. The van der Waals surface area contributed by atoms with Gasteiger partial charge in [0.1, 0.15) is 0 Å². The van der Waals surface area contributed by atoms with E-state index >= 15 is 0 Å². The molecule has 2 heterocycles. The lowest BCUT2D eigenvalue weighted by molar-refractivity contribution is -0.131. The Labute approximate surface area is 119 Å². The molecule has 1 aliphatic rings. The van der Waals surface area contributed by atoms with Crippen LogP contribution in [0, 0.1) is 0 Å². The molecule has 1 amide bonds. The topological polar surface area (TPSA) is 20.3 Å². The van der Waals surface area contributed by atoms with Crippen LogP contribution in [-0.4, -0.2) is 27.1 Å². The summed E-state index contributed by atoms with van der Waals surface area (Å²) in [5.74, 6) is -0.204. The second-order valence-corrected chi connectivity index (χ2v) is 8.20. The Morgan fingerprint density at radius 2 is 2.29 bits per heavy atom. The Hall–Kier alpha value is 0.1000. The molecule has 17 heavy (non-hydrogen) atoms. The van der Waals surface area contributed by atoms with Crippen LogP contribution in [0.25, 0.3) is 0 Å². The molecule has 94 valence electrons. The summed E-state index contributed by atoms with van der Waals surface area (Å²) in [7, 11) is 0. The van der Waals surface area contributed by atoms with Crippen molar-refractivity contribution in [3.8, 4) is 0 Å². The number of nitrogens with zero attached hydrogens (tertiary/aromatic N) is 1. The molecule has 1 aromatic rings. The highest BCUT2D eigenvalue weighted by molar-refractivity contribution is 8.01. The van der Waals surface area contributed by atoms with E-state index in [1.54, 1.807) is 28.0 Å². The van der Waals surface area contributed by atoms with Gasteiger partial charge in [-0.3, -0.25) is 4.79 Å². The SMILES string of the molecule is CC1(C)SC(c2cccs2)CN1C(=O)C(Cl)Cl. The second-order valence-electron chi connectivity index (χ2n) is 4.32. The van der Waals surface area contributed by atoms with E-state index in [-0.39, 0.29) is 10.8 Å². The Morgan fingerprint density at radius 1 is 1.59 bits per heavy atom. The van der Waals surface area contributed by atoms with E-state index < -0.39 is 4.84 Å². The number of rotatable bonds is 2. The smallest absolute Gasteiger partial charge is 0.257 e. The van der Waals surface area contributed by atoms with Crippen molar-refractivity contribution in [1.82, 2.24) is 4.90 Å². The zero-order chi connectivity index (χ0) is 12.6. The van der Waals surface area contributed by atoms with Crippen LogP contribution in [0.1, 0.15) is 24.0 Å². The van der Waals surface area contributed by atoms with E-state index in [1.165, 1.54) is 4.88 Å². The molecule has 1 unspecified atom stereocenters. The lowest BCUT2D eigenvalue weighted by Crippen LogP contribution is -2.43. The zero-order valence-corrected chi connectivity index (χ0v) is 12.7. The fourth-order valence-corrected chi connectivity index (χ4v) is 4.58. The Bertz CT molecular complexity index is 406. The minimum absolute atomic E-state index is 0.204. The van der Waals surface area contributed by atoms with Crippen LogP contribution in [0.3, 0.4) is 0 Å². The number of thioether (sulfide) groups is 1. The maximum Gasteiger partial charge on any atom is 0.257 e. The lowest BCUT2D eigenvalue weighted by atomic mass is 10.2. The first-order valence-corrected chi connectivity index (χ1v) is 7.86. The molecule has 1 aliphatic heterocycles. The number of halogens is 2. The van der Waals surface area contributed by atoms with Crippen molar-refractivity contribution < 1.29 is 4.79 Å². The Kier molecular flexibility index (Phi) is 3.98. The van der Waals surface area contributed by atoms with Crippen molar-refractivity contribution >= 4 is 52.2 Å². The highest BCUT2D eigenvalue weighted by Crippen LogP contribution is 2.49. The molecule has 0 aromatic carbocycles. The highest BCUT2D eigenvalue weighted by Gasteiger charge is 2.43. The summed E-state index contributed by atoms with van der Waals surface area (Å²) in [6, 6.07) is 4.13. The summed E-state index contributed by atoms with van der Waals surface area (Å²) < 4.78 is 0. The summed E-state index contributed by atoms with van der Waals surface area (Å²) in [5.41, 5.74) is 0. The van der Waals surface area contributed by atoms with Crippen molar-refractivity contribution in [3.05, 3.63) is 22.4 Å². The van der Waals surface area contributed by atoms with Crippen molar-refractivity contribution in [1.29, 1.82) is 0 Å². The van der Waals surface area contributed by atoms with Gasteiger partial charge in [-0.25, -0.2) is 0 Å². The summed E-state index contributed by atoms with van der Waals surface area (Å²) in [4.78, 5) is 13.8. The van der Waals surface area contributed by atoms with E-state index in [1.807, 2.05) is 19.9 Å². The van der Waals surface area contributed by atoms with Gasteiger partial charge in [0.25, 0.3) is 5.91 Å². The summed E-state index contributed by atoms with van der Waals surface area (Å²) in [6.07, 6.45) is 0. The van der Waals surface area contributed by atoms with Crippen molar-refractivity contribution in [3.63, 3.8) is 0 Å². The van der Waals surface area contributed by atoms with Gasteiger partial charge < -0.3 is 4.90 Å². The van der Waals surface area contributed by atoms with Crippen LogP contribution in [0.5, 0.6) is 0 Å². The van der Waals surface area contributed by atoms with Crippen LogP contribution < -0.4 is 0 Å². The minimum Gasteiger partial charge on any atom is -0.325 e. The van der Waals surface area contributed by atoms with Gasteiger partial charge in [-0.05, 0) is 25.3 Å². The highest BCUT2D eigenvalue weighted by atomic mass is 35.5. The van der Waals surface area contributed by atoms with E-state index in [4.69, 9.17) is 23.2 Å². The molecule has 0 bridgehead atoms. The normalized spacial score (nSPS) is 23.4. The number of thiophene rings is 1. The third-order valence-electron chi connectivity index (χ3n) is 2.74. The molecule has 2 nitrogen and oxygen atoms in total. The summed E-state index contributed by atoms with van der Waals surface area (Å²) in [6.45, 7) is 4.73. The fraction of sp³-hybridized carbons (Fsp3) is 0.545. The lowest BCUT2D eigenvalue weighted by Gasteiger charge is -2.30. The van der Waals surface area contributed by atoms with Crippen LogP contribution in [0.15, 0.2) is 17.5 Å². The molecule has 6 heteroatoms. The second kappa shape index (κ2) is 5.00.